The SMILES string of the molecule is Cc1ccc(CC(C)(C)NC[C@@H](O)COCc2ccccc2Oc2ccc(C(=O)O)c([N+](=O)[O-])c2)cc1F. The first-order valence-corrected chi connectivity index (χ1v) is 12.0. The number of nitro benzene ring substituents is 1. The second-order valence-electron chi connectivity index (χ2n) is 9.65. The van der Waals surface area contributed by atoms with Gasteiger partial charge in [-0.1, -0.05) is 30.3 Å². The van der Waals surface area contributed by atoms with E-state index in [1.54, 1.807) is 37.3 Å². The Kier molecular flexibility index (Phi) is 9.51. The molecule has 3 N–H and O–H groups in total. The van der Waals surface area contributed by atoms with Crippen LogP contribution in [0.5, 0.6) is 11.5 Å². The number of nitrogens with zero attached hydrogens (tertiary/aromatic N) is 1. The molecule has 0 spiro atoms. The third-order valence-corrected chi connectivity index (χ3v) is 5.86. The van der Waals surface area contributed by atoms with E-state index in [1.165, 1.54) is 12.1 Å². The van der Waals surface area contributed by atoms with Crippen LogP contribution >= 0.6 is 0 Å². The number of β-amino-alcohol motifs (C(OH)–C–C–N with tert-alkyl or cyclic N) is 1. The smallest absolute Gasteiger partial charge is 0.342 e. The van der Waals surface area contributed by atoms with E-state index in [4.69, 9.17) is 14.6 Å². The minimum atomic E-state index is -1.41. The van der Waals surface area contributed by atoms with Crippen LogP contribution in [-0.4, -0.2) is 45.9 Å². The lowest BCUT2D eigenvalue weighted by atomic mass is 9.94. The van der Waals surface area contributed by atoms with Crippen LogP contribution < -0.4 is 10.1 Å². The first-order valence-electron chi connectivity index (χ1n) is 12.0. The number of halogens is 1. The topological polar surface area (TPSA) is 131 Å². The summed E-state index contributed by atoms with van der Waals surface area (Å²) in [5.74, 6) is -1.16. The molecule has 1 atom stereocenters. The molecule has 0 aliphatic rings. The molecular formula is C28H31FN2O7. The van der Waals surface area contributed by atoms with Crippen LogP contribution in [0.25, 0.3) is 0 Å². The summed E-state index contributed by atoms with van der Waals surface area (Å²) in [5.41, 5.74) is 0.694. The van der Waals surface area contributed by atoms with Crippen LogP contribution in [-0.2, 0) is 17.8 Å². The molecule has 10 heteroatoms. The molecule has 0 aliphatic heterocycles. The normalized spacial score (nSPS) is 12.2. The zero-order chi connectivity index (χ0) is 27.9. The molecule has 0 fully saturated rings. The maximum Gasteiger partial charge on any atom is 0.342 e. The molecular weight excluding hydrogens is 495 g/mol. The van der Waals surface area contributed by atoms with Crippen molar-refractivity contribution in [2.24, 2.45) is 0 Å². The largest absolute Gasteiger partial charge is 0.477 e. The number of hydrogen-bond donors (Lipinski definition) is 3. The van der Waals surface area contributed by atoms with Crippen molar-refractivity contribution in [2.75, 3.05) is 13.2 Å². The summed E-state index contributed by atoms with van der Waals surface area (Å²) in [6.07, 6.45) is -0.225. The molecule has 0 amide bonds. The third-order valence-electron chi connectivity index (χ3n) is 5.86. The van der Waals surface area contributed by atoms with Crippen LogP contribution in [0.4, 0.5) is 10.1 Å². The summed E-state index contributed by atoms with van der Waals surface area (Å²) in [4.78, 5) is 21.7. The van der Waals surface area contributed by atoms with E-state index >= 15 is 0 Å². The Balaban J connectivity index is 1.54. The highest BCUT2D eigenvalue weighted by molar-refractivity contribution is 5.92. The molecule has 0 bridgehead atoms. The van der Waals surface area contributed by atoms with E-state index in [0.29, 0.717) is 23.3 Å². The van der Waals surface area contributed by atoms with Crippen molar-refractivity contribution in [3.63, 3.8) is 0 Å². The van der Waals surface area contributed by atoms with Gasteiger partial charge in [-0.3, -0.25) is 10.1 Å². The second-order valence-corrected chi connectivity index (χ2v) is 9.65. The Morgan fingerprint density at radius 1 is 1.16 bits per heavy atom. The molecule has 3 aromatic carbocycles. The van der Waals surface area contributed by atoms with Crippen molar-refractivity contribution in [1.29, 1.82) is 0 Å². The van der Waals surface area contributed by atoms with Gasteiger partial charge >= 0.3 is 5.97 Å². The van der Waals surface area contributed by atoms with Crippen molar-refractivity contribution in [3.05, 3.63) is 98.8 Å². The summed E-state index contributed by atoms with van der Waals surface area (Å²) < 4.78 is 25.3. The number of benzene rings is 3. The number of aliphatic hydroxyl groups is 1. The van der Waals surface area contributed by atoms with Gasteiger partial charge in [0, 0.05) is 17.6 Å². The molecule has 3 aromatic rings. The maximum atomic E-state index is 13.9. The number of para-hydroxylation sites is 1. The lowest BCUT2D eigenvalue weighted by Crippen LogP contribution is -2.46. The Morgan fingerprint density at radius 3 is 2.58 bits per heavy atom. The summed E-state index contributed by atoms with van der Waals surface area (Å²) in [6, 6.07) is 15.6. The number of rotatable bonds is 13. The molecule has 202 valence electrons. The van der Waals surface area contributed by atoms with E-state index < -0.39 is 28.2 Å². The average molecular weight is 527 g/mol. The third kappa shape index (κ3) is 8.07. The highest BCUT2D eigenvalue weighted by Crippen LogP contribution is 2.30. The highest BCUT2D eigenvalue weighted by Gasteiger charge is 2.22. The molecule has 0 saturated carbocycles. The molecule has 3 rings (SSSR count). The van der Waals surface area contributed by atoms with E-state index in [-0.39, 0.29) is 36.9 Å². The van der Waals surface area contributed by atoms with Crippen molar-refractivity contribution >= 4 is 11.7 Å². The number of carboxylic acids is 1. The maximum absolute atomic E-state index is 13.9. The molecule has 0 heterocycles. The number of aliphatic hydroxyl groups excluding tert-OH is 1. The standard InChI is InChI=1S/C28H31FN2O7/c1-18-8-9-19(12-24(18)29)14-28(2,3)30-15-21(32)17-37-16-20-6-4-5-7-26(20)38-22-10-11-23(27(33)34)25(13-22)31(35)36/h4-13,21,30,32H,14-17H2,1-3H3,(H,33,34)/t21-/m1/s1. The molecule has 0 aromatic heterocycles. The van der Waals surface area contributed by atoms with Crippen LogP contribution in [0.2, 0.25) is 0 Å². The molecule has 0 aliphatic carbocycles. The van der Waals surface area contributed by atoms with Crippen molar-refractivity contribution in [3.8, 4) is 11.5 Å². The predicted octanol–water partition coefficient (Wildman–Crippen LogP) is 5.02. The number of aryl methyl sites for hydroxylation is 1. The van der Waals surface area contributed by atoms with E-state index in [1.807, 2.05) is 19.9 Å². The van der Waals surface area contributed by atoms with Crippen molar-refractivity contribution in [2.45, 2.75) is 45.4 Å². The fraction of sp³-hybridized carbons (Fsp3) is 0.321. The van der Waals surface area contributed by atoms with Gasteiger partial charge < -0.3 is 25.0 Å². The van der Waals surface area contributed by atoms with Crippen LogP contribution in [0.15, 0.2) is 60.7 Å². The zero-order valence-corrected chi connectivity index (χ0v) is 21.4. The van der Waals surface area contributed by atoms with Gasteiger partial charge in [-0.05, 0) is 62.6 Å². The highest BCUT2D eigenvalue weighted by atomic mass is 19.1. The molecule has 9 nitrogen and oxygen atoms in total. The van der Waals surface area contributed by atoms with Gasteiger partial charge in [-0.2, -0.15) is 0 Å². The number of carbonyl (C=O) groups is 1. The molecule has 0 unspecified atom stereocenters. The fourth-order valence-corrected chi connectivity index (χ4v) is 3.83. The van der Waals surface area contributed by atoms with Crippen molar-refractivity contribution < 1.29 is 33.8 Å². The quantitative estimate of drug-likeness (QED) is 0.209. The van der Waals surface area contributed by atoms with Gasteiger partial charge in [0.1, 0.15) is 22.9 Å². The minimum Gasteiger partial charge on any atom is -0.477 e. The second kappa shape index (κ2) is 12.6. The number of aromatic carboxylic acids is 1. The Morgan fingerprint density at radius 2 is 1.89 bits per heavy atom. The van der Waals surface area contributed by atoms with Crippen LogP contribution in [0, 0.1) is 22.9 Å². The van der Waals surface area contributed by atoms with E-state index in [0.717, 1.165) is 17.7 Å². The average Bonchev–Trinajstić information content (AvgIpc) is 2.86. The van der Waals surface area contributed by atoms with E-state index in [9.17, 15) is 24.4 Å². The Bertz CT molecular complexity index is 1300. The Hall–Kier alpha value is -3.86. The molecule has 38 heavy (non-hydrogen) atoms. The molecule has 0 radical (unpaired) electrons. The number of ether oxygens (including phenoxy) is 2. The number of carboxylic acid groups (broad SMARTS) is 1. The van der Waals surface area contributed by atoms with Gasteiger partial charge in [0.25, 0.3) is 5.69 Å². The van der Waals surface area contributed by atoms with Crippen LogP contribution in [0.1, 0.15) is 40.9 Å². The summed E-state index contributed by atoms with van der Waals surface area (Å²) in [7, 11) is 0. The van der Waals surface area contributed by atoms with E-state index in [2.05, 4.69) is 5.32 Å². The zero-order valence-electron chi connectivity index (χ0n) is 21.4. The van der Waals surface area contributed by atoms with Gasteiger partial charge in [-0.15, -0.1) is 0 Å². The number of nitro groups is 1. The van der Waals surface area contributed by atoms with Crippen molar-refractivity contribution in [1.82, 2.24) is 5.32 Å². The summed E-state index contributed by atoms with van der Waals surface area (Å²) in [6.45, 7) is 6.06. The first-order chi connectivity index (χ1) is 17.9. The lowest BCUT2D eigenvalue weighted by Gasteiger charge is -2.28. The number of hydrogen-bond acceptors (Lipinski definition) is 7. The summed E-state index contributed by atoms with van der Waals surface area (Å²) >= 11 is 0. The first kappa shape index (κ1) is 28.7. The minimum absolute atomic E-state index is 0.0371. The van der Waals surface area contributed by atoms with Gasteiger partial charge in [0.15, 0.2) is 0 Å². The van der Waals surface area contributed by atoms with Gasteiger partial charge in [0.05, 0.1) is 30.3 Å². The van der Waals surface area contributed by atoms with Crippen LogP contribution in [0.3, 0.4) is 0 Å². The van der Waals surface area contributed by atoms with Gasteiger partial charge in [-0.25, -0.2) is 9.18 Å². The van der Waals surface area contributed by atoms with Gasteiger partial charge in [0.2, 0.25) is 0 Å². The molecule has 0 saturated heterocycles. The predicted molar refractivity (Wildman–Crippen MR) is 139 cm³/mol. The fourth-order valence-electron chi connectivity index (χ4n) is 3.83. The Labute approximate surface area is 220 Å². The monoisotopic (exact) mass is 526 g/mol. The number of nitrogens with one attached hydrogen (secondary N) is 1. The summed E-state index contributed by atoms with van der Waals surface area (Å²) in [5, 5.41) is 34.1. The lowest BCUT2D eigenvalue weighted by molar-refractivity contribution is -0.385.